The number of amides is 1. The molecular formula is C24H31N7OS. The van der Waals surface area contributed by atoms with Crippen molar-refractivity contribution < 1.29 is 6.22 Å². The predicted molar refractivity (Wildman–Crippen MR) is 137 cm³/mol. The van der Waals surface area contributed by atoms with Crippen molar-refractivity contribution in [3.8, 4) is 0 Å². The van der Waals surface area contributed by atoms with Gasteiger partial charge in [0.1, 0.15) is 5.82 Å². The molecular weight excluding hydrogens is 434 g/mol. The summed E-state index contributed by atoms with van der Waals surface area (Å²) in [5, 5.41) is 7.58. The van der Waals surface area contributed by atoms with Gasteiger partial charge in [-0.1, -0.05) is 12.1 Å². The van der Waals surface area contributed by atoms with Crippen molar-refractivity contribution in [2.24, 2.45) is 11.6 Å². The van der Waals surface area contributed by atoms with Crippen LogP contribution in [0.2, 0.25) is 0 Å². The van der Waals surface area contributed by atoms with Crippen LogP contribution in [0, 0.1) is 0 Å². The van der Waals surface area contributed by atoms with Crippen molar-refractivity contribution in [1.29, 1.82) is 0 Å². The lowest BCUT2D eigenvalue weighted by molar-refractivity contribution is 0.102. The average molecular weight is 466 g/mol. The van der Waals surface area contributed by atoms with E-state index in [2.05, 4.69) is 27.2 Å². The predicted octanol–water partition coefficient (Wildman–Crippen LogP) is 3.38. The van der Waals surface area contributed by atoms with Crippen LogP contribution >= 0.6 is 11.8 Å². The third-order valence-electron chi connectivity index (χ3n) is 5.59. The Balaban J connectivity index is 0.00000324. The van der Waals surface area contributed by atoms with Gasteiger partial charge in [0, 0.05) is 43.3 Å². The highest BCUT2D eigenvalue weighted by Crippen LogP contribution is 2.29. The molecule has 0 radical (unpaired) electrons. The number of piperidine rings is 1. The van der Waals surface area contributed by atoms with Gasteiger partial charge in [0.15, 0.2) is 0 Å². The minimum absolute atomic E-state index is 0. The number of pyridine rings is 2. The SMILES string of the molecule is CN(N)/C=C(\N)c1ccc2cnc(NC(=O)c3ccnc(SC4CCN(C)CC4)c3)cc2c1.[HH]. The van der Waals surface area contributed by atoms with E-state index in [0.29, 0.717) is 22.3 Å². The zero-order valence-electron chi connectivity index (χ0n) is 18.9. The molecule has 3 aromatic rings. The normalized spacial score (nSPS) is 15.5. The summed E-state index contributed by atoms with van der Waals surface area (Å²) in [5.41, 5.74) is 8.07. The Morgan fingerprint density at radius 3 is 2.73 bits per heavy atom. The number of carbonyl (C=O) groups excluding carboxylic acids is 1. The summed E-state index contributed by atoms with van der Waals surface area (Å²) in [6, 6.07) is 11.2. The van der Waals surface area contributed by atoms with Gasteiger partial charge in [-0.05, 0) is 68.2 Å². The highest BCUT2D eigenvalue weighted by Gasteiger charge is 2.19. The number of thioether (sulfide) groups is 1. The summed E-state index contributed by atoms with van der Waals surface area (Å²) in [6.07, 6.45) is 7.33. The molecule has 1 fully saturated rings. The summed E-state index contributed by atoms with van der Waals surface area (Å²) in [5.74, 6) is 5.92. The van der Waals surface area contributed by atoms with Crippen LogP contribution in [0.3, 0.4) is 0 Å². The number of hydrazine groups is 1. The Hall–Kier alpha value is -3.14. The third-order valence-corrected chi connectivity index (χ3v) is 6.86. The zero-order valence-corrected chi connectivity index (χ0v) is 19.7. The number of fused-ring (bicyclic) bond motifs is 1. The third kappa shape index (κ3) is 6.01. The van der Waals surface area contributed by atoms with E-state index in [1.807, 2.05) is 30.3 Å². The van der Waals surface area contributed by atoms with Crippen LogP contribution in [0.1, 0.15) is 30.2 Å². The molecule has 2 aromatic heterocycles. The van der Waals surface area contributed by atoms with E-state index in [1.165, 1.54) is 5.01 Å². The molecule has 0 bridgehead atoms. The Morgan fingerprint density at radius 1 is 1.18 bits per heavy atom. The Bertz CT molecular complexity index is 1180. The number of hydrogen-bond acceptors (Lipinski definition) is 8. The number of nitrogens with two attached hydrogens (primary N) is 2. The largest absolute Gasteiger partial charge is 0.397 e. The number of hydrogen-bond donors (Lipinski definition) is 3. The Kier molecular flexibility index (Phi) is 7.12. The van der Waals surface area contributed by atoms with E-state index in [9.17, 15) is 4.79 Å². The molecule has 9 heteroatoms. The maximum Gasteiger partial charge on any atom is 0.256 e. The molecule has 33 heavy (non-hydrogen) atoms. The molecule has 8 nitrogen and oxygen atoms in total. The van der Waals surface area contributed by atoms with Crippen molar-refractivity contribution in [2.75, 3.05) is 32.5 Å². The number of anilines is 1. The van der Waals surface area contributed by atoms with E-state index < -0.39 is 0 Å². The van der Waals surface area contributed by atoms with Gasteiger partial charge in [0.25, 0.3) is 5.91 Å². The number of nitrogens with zero attached hydrogens (tertiary/aromatic N) is 4. The highest BCUT2D eigenvalue weighted by atomic mass is 32.2. The quantitative estimate of drug-likeness (QED) is 0.375. The summed E-state index contributed by atoms with van der Waals surface area (Å²) in [7, 11) is 3.86. The van der Waals surface area contributed by atoms with Crippen molar-refractivity contribution in [3.63, 3.8) is 0 Å². The number of nitrogens with one attached hydrogen (secondary N) is 1. The lowest BCUT2D eigenvalue weighted by Gasteiger charge is -2.28. The van der Waals surface area contributed by atoms with Crippen LogP contribution in [0.15, 0.2) is 60.0 Å². The van der Waals surface area contributed by atoms with E-state index in [-0.39, 0.29) is 7.33 Å². The lowest BCUT2D eigenvalue weighted by atomic mass is 10.1. The molecule has 4 rings (SSSR count). The van der Waals surface area contributed by atoms with Crippen LogP contribution in [0.25, 0.3) is 16.5 Å². The van der Waals surface area contributed by atoms with Crippen molar-refractivity contribution in [2.45, 2.75) is 23.1 Å². The molecule has 0 saturated carbocycles. The number of aromatic nitrogens is 2. The topological polar surface area (TPSA) is 113 Å². The van der Waals surface area contributed by atoms with Gasteiger partial charge < -0.3 is 21.0 Å². The number of likely N-dealkylation sites (tertiary alicyclic amines) is 1. The molecule has 0 spiro atoms. The van der Waals surface area contributed by atoms with Crippen LogP contribution < -0.4 is 16.9 Å². The van der Waals surface area contributed by atoms with Crippen LogP contribution in [-0.4, -0.2) is 58.2 Å². The maximum atomic E-state index is 12.9. The second kappa shape index (κ2) is 10.2. The molecule has 0 aliphatic carbocycles. The minimum atomic E-state index is -0.213. The molecule has 3 heterocycles. The second-order valence-electron chi connectivity index (χ2n) is 8.34. The first-order chi connectivity index (χ1) is 15.9. The number of carbonyl (C=O) groups is 1. The fourth-order valence-corrected chi connectivity index (χ4v) is 4.86. The molecule has 1 aliphatic heterocycles. The first-order valence-corrected chi connectivity index (χ1v) is 11.7. The fourth-order valence-electron chi connectivity index (χ4n) is 3.76. The second-order valence-corrected chi connectivity index (χ2v) is 9.66. The monoisotopic (exact) mass is 465 g/mol. The Morgan fingerprint density at radius 2 is 1.97 bits per heavy atom. The molecule has 5 N–H and O–H groups in total. The molecule has 1 aliphatic rings. The molecule has 0 unspecified atom stereocenters. The van der Waals surface area contributed by atoms with Gasteiger partial charge >= 0.3 is 0 Å². The fraction of sp³-hybridized carbons (Fsp3) is 0.292. The van der Waals surface area contributed by atoms with Gasteiger partial charge in [-0.3, -0.25) is 4.79 Å². The van der Waals surface area contributed by atoms with Crippen molar-refractivity contribution >= 4 is 40.0 Å². The van der Waals surface area contributed by atoms with E-state index in [0.717, 1.165) is 47.3 Å². The van der Waals surface area contributed by atoms with Crippen LogP contribution in [0.4, 0.5) is 5.82 Å². The van der Waals surface area contributed by atoms with Gasteiger partial charge in [-0.15, -0.1) is 11.8 Å². The Labute approximate surface area is 199 Å². The molecule has 1 aromatic carbocycles. The summed E-state index contributed by atoms with van der Waals surface area (Å²) < 4.78 is 0. The van der Waals surface area contributed by atoms with Crippen molar-refractivity contribution in [1.82, 2.24) is 19.9 Å². The first kappa shape index (κ1) is 23.0. The number of rotatable bonds is 6. The first-order valence-electron chi connectivity index (χ1n) is 10.8. The van der Waals surface area contributed by atoms with Gasteiger partial charge in [0.05, 0.1) is 10.7 Å². The van der Waals surface area contributed by atoms with Gasteiger partial charge in [-0.25, -0.2) is 15.8 Å². The minimum Gasteiger partial charge on any atom is -0.397 e. The number of benzene rings is 1. The van der Waals surface area contributed by atoms with E-state index >= 15 is 0 Å². The standard InChI is InChI=1S/C24H29N7OS.H2/c1-30-9-6-20(7-10-30)33-23-13-17(5-8-27-23)24(32)29-22-12-19-11-16(21(25)15-31(2)26)3-4-18(19)14-28-22;/h3-5,8,11-15,20H,6-7,9-10,25-26H2,1-2H3,(H,28,29,32);1H/b21-15-;. The molecule has 1 saturated heterocycles. The summed E-state index contributed by atoms with van der Waals surface area (Å²) in [4.78, 5) is 24.1. The average Bonchev–Trinajstić information content (AvgIpc) is 2.80. The van der Waals surface area contributed by atoms with Crippen LogP contribution in [-0.2, 0) is 0 Å². The van der Waals surface area contributed by atoms with Crippen LogP contribution in [0.5, 0.6) is 0 Å². The van der Waals surface area contributed by atoms with Crippen molar-refractivity contribution in [3.05, 3.63) is 66.1 Å². The molecule has 1 amide bonds. The highest BCUT2D eigenvalue weighted by molar-refractivity contribution is 7.99. The maximum absolute atomic E-state index is 12.9. The zero-order chi connectivity index (χ0) is 23.4. The summed E-state index contributed by atoms with van der Waals surface area (Å²) in [6.45, 7) is 2.19. The van der Waals surface area contributed by atoms with E-state index in [1.54, 1.807) is 43.5 Å². The lowest BCUT2D eigenvalue weighted by Crippen LogP contribution is -2.31. The summed E-state index contributed by atoms with van der Waals surface area (Å²) >= 11 is 1.75. The van der Waals surface area contributed by atoms with Gasteiger partial charge in [0.2, 0.25) is 0 Å². The van der Waals surface area contributed by atoms with E-state index in [4.69, 9.17) is 11.6 Å². The van der Waals surface area contributed by atoms with Gasteiger partial charge in [-0.2, -0.15) is 0 Å². The molecule has 174 valence electrons. The smallest absolute Gasteiger partial charge is 0.256 e. The molecule has 0 atom stereocenters.